The Labute approximate surface area is 125 Å². The van der Waals surface area contributed by atoms with E-state index in [4.69, 9.17) is 5.26 Å². The van der Waals surface area contributed by atoms with Crippen molar-refractivity contribution in [2.75, 3.05) is 4.72 Å². The van der Waals surface area contributed by atoms with Crippen LogP contribution in [0.5, 0.6) is 0 Å². The number of aromatic amines is 1. The number of nitrogens with zero attached hydrogens (tertiary/aromatic N) is 2. The molecule has 104 valence electrons. The first-order valence-corrected chi connectivity index (χ1v) is 8.00. The summed E-state index contributed by atoms with van der Waals surface area (Å²) in [4.78, 5) is 6.67. The molecule has 0 spiro atoms. The molecule has 0 aliphatic heterocycles. The number of hydrogen-bond acceptors (Lipinski definition) is 4. The zero-order chi connectivity index (χ0) is 14.8. The largest absolute Gasteiger partial charge is 0.332 e. The molecule has 0 fully saturated rings. The third-order valence-corrected chi connectivity index (χ3v) is 4.34. The lowest BCUT2D eigenvalue weighted by molar-refractivity contribution is 0.598. The highest BCUT2D eigenvalue weighted by molar-refractivity contribution is 9.10. The van der Waals surface area contributed by atoms with Crippen LogP contribution in [0.4, 0.5) is 5.69 Å². The number of nitriles is 1. The molecular formula is C12H11BrN4O2S. The highest BCUT2D eigenvalue weighted by Crippen LogP contribution is 2.22. The molecule has 1 aromatic heterocycles. The second-order valence-corrected chi connectivity index (χ2v) is 6.52. The molecule has 0 aliphatic carbocycles. The topological polar surface area (TPSA) is 98.6 Å². The Balaban J connectivity index is 2.36. The highest BCUT2D eigenvalue weighted by atomic mass is 79.9. The molecule has 2 N–H and O–H groups in total. The zero-order valence-electron chi connectivity index (χ0n) is 10.5. The Hall–Kier alpha value is -1.85. The van der Waals surface area contributed by atoms with Crippen LogP contribution in [0.3, 0.4) is 0 Å². The number of aryl methyl sites for hydroxylation is 1. The van der Waals surface area contributed by atoms with Gasteiger partial charge in [0.15, 0.2) is 5.03 Å². The Morgan fingerprint density at radius 2 is 2.25 bits per heavy atom. The average Bonchev–Trinajstić information content (AvgIpc) is 2.90. The van der Waals surface area contributed by atoms with E-state index in [1.807, 2.05) is 13.0 Å². The summed E-state index contributed by atoms with van der Waals surface area (Å²) in [5.74, 6) is 0.585. The number of hydrogen-bond donors (Lipinski definition) is 2. The van der Waals surface area contributed by atoms with Crippen molar-refractivity contribution in [1.29, 1.82) is 5.26 Å². The molecule has 20 heavy (non-hydrogen) atoms. The van der Waals surface area contributed by atoms with Gasteiger partial charge in [0, 0.05) is 10.9 Å². The molecule has 0 saturated heterocycles. The fourth-order valence-corrected chi connectivity index (χ4v) is 2.94. The van der Waals surface area contributed by atoms with Gasteiger partial charge < -0.3 is 4.98 Å². The number of aromatic nitrogens is 2. The predicted octanol–water partition coefficient (Wildman–Crippen LogP) is 2.41. The van der Waals surface area contributed by atoms with Gasteiger partial charge in [-0.3, -0.25) is 4.72 Å². The lowest BCUT2D eigenvalue weighted by Gasteiger charge is -2.08. The maximum absolute atomic E-state index is 12.2. The van der Waals surface area contributed by atoms with Gasteiger partial charge in [0.25, 0.3) is 10.0 Å². The van der Waals surface area contributed by atoms with Gasteiger partial charge in [0.05, 0.1) is 17.4 Å². The summed E-state index contributed by atoms with van der Waals surface area (Å²) in [5.41, 5.74) is 0.460. The van der Waals surface area contributed by atoms with E-state index < -0.39 is 10.0 Å². The molecule has 2 aromatic rings. The Morgan fingerprint density at radius 1 is 1.50 bits per heavy atom. The van der Waals surface area contributed by atoms with E-state index in [0.29, 0.717) is 16.7 Å². The van der Waals surface area contributed by atoms with Crippen LogP contribution >= 0.6 is 15.9 Å². The summed E-state index contributed by atoms with van der Waals surface area (Å²) < 4.78 is 27.4. The molecule has 0 aliphatic rings. The van der Waals surface area contributed by atoms with Gasteiger partial charge in [0.1, 0.15) is 11.9 Å². The molecule has 0 saturated carbocycles. The fraction of sp³-hybridized carbons (Fsp3) is 0.167. The number of anilines is 1. The molecule has 6 nitrogen and oxygen atoms in total. The number of benzene rings is 1. The Bertz CT molecular complexity index is 777. The molecular weight excluding hydrogens is 344 g/mol. The quantitative estimate of drug-likeness (QED) is 0.880. The van der Waals surface area contributed by atoms with E-state index in [1.54, 1.807) is 12.1 Å². The van der Waals surface area contributed by atoms with Crippen LogP contribution < -0.4 is 4.72 Å². The van der Waals surface area contributed by atoms with Gasteiger partial charge in [-0.25, -0.2) is 4.98 Å². The zero-order valence-corrected chi connectivity index (χ0v) is 12.9. The van der Waals surface area contributed by atoms with Crippen LogP contribution in [0.15, 0.2) is 33.9 Å². The molecule has 1 aromatic carbocycles. The van der Waals surface area contributed by atoms with Gasteiger partial charge in [0.2, 0.25) is 0 Å². The minimum Gasteiger partial charge on any atom is -0.332 e. The lowest BCUT2D eigenvalue weighted by atomic mass is 10.2. The maximum atomic E-state index is 12.2. The van der Waals surface area contributed by atoms with Gasteiger partial charge in [-0.1, -0.05) is 22.9 Å². The van der Waals surface area contributed by atoms with Crippen LogP contribution in [0.1, 0.15) is 18.3 Å². The number of H-pyrrole nitrogens is 1. The molecule has 1 heterocycles. The first-order chi connectivity index (χ1) is 9.46. The Kier molecular flexibility index (Phi) is 4.11. The lowest BCUT2D eigenvalue weighted by Crippen LogP contribution is -2.14. The van der Waals surface area contributed by atoms with Crippen molar-refractivity contribution in [2.45, 2.75) is 18.4 Å². The average molecular weight is 355 g/mol. The van der Waals surface area contributed by atoms with Crippen molar-refractivity contribution in [3.63, 3.8) is 0 Å². The molecule has 8 heteroatoms. The van der Waals surface area contributed by atoms with Crippen LogP contribution in [0.25, 0.3) is 0 Å². The van der Waals surface area contributed by atoms with Crippen LogP contribution in [-0.4, -0.2) is 18.4 Å². The summed E-state index contributed by atoms with van der Waals surface area (Å²) in [7, 11) is -3.78. The van der Waals surface area contributed by atoms with E-state index in [1.165, 1.54) is 12.3 Å². The van der Waals surface area contributed by atoms with Crippen molar-refractivity contribution in [3.05, 3.63) is 40.3 Å². The number of imidazole rings is 1. The molecule has 0 unspecified atom stereocenters. The number of sulfonamides is 1. The van der Waals surface area contributed by atoms with Crippen LogP contribution in [-0.2, 0) is 16.4 Å². The normalized spacial score (nSPS) is 11.1. The standard InChI is InChI=1S/C12H11BrN4O2S/c1-2-11-15-7-12(16-11)20(18,19)17-10-4-3-9(13)5-8(10)6-14/h3-5,7,17H,2H2,1H3,(H,15,16). The number of halogens is 1. The Morgan fingerprint density at radius 3 is 2.85 bits per heavy atom. The number of rotatable bonds is 4. The smallest absolute Gasteiger partial charge is 0.279 e. The van der Waals surface area contributed by atoms with Crippen molar-refractivity contribution in [3.8, 4) is 6.07 Å². The van der Waals surface area contributed by atoms with Crippen molar-refractivity contribution >= 4 is 31.6 Å². The number of nitrogens with one attached hydrogen (secondary N) is 2. The van der Waals surface area contributed by atoms with Crippen molar-refractivity contribution in [1.82, 2.24) is 9.97 Å². The van der Waals surface area contributed by atoms with Crippen LogP contribution in [0, 0.1) is 11.3 Å². The van der Waals surface area contributed by atoms with Crippen molar-refractivity contribution in [2.24, 2.45) is 0 Å². The van der Waals surface area contributed by atoms with E-state index in [-0.39, 0.29) is 16.3 Å². The first-order valence-electron chi connectivity index (χ1n) is 5.72. The van der Waals surface area contributed by atoms with E-state index in [9.17, 15) is 8.42 Å². The third-order valence-electron chi connectivity index (χ3n) is 2.58. The van der Waals surface area contributed by atoms with E-state index >= 15 is 0 Å². The van der Waals surface area contributed by atoms with Gasteiger partial charge in [-0.2, -0.15) is 13.7 Å². The maximum Gasteiger partial charge on any atom is 0.279 e. The summed E-state index contributed by atoms with van der Waals surface area (Å²) >= 11 is 3.23. The van der Waals surface area contributed by atoms with Gasteiger partial charge >= 0.3 is 0 Å². The second-order valence-electron chi connectivity index (χ2n) is 3.95. The predicted molar refractivity (Wildman–Crippen MR) is 77.6 cm³/mol. The summed E-state index contributed by atoms with van der Waals surface area (Å²) in [5, 5.41) is 9.00. The molecule has 0 bridgehead atoms. The summed E-state index contributed by atoms with van der Waals surface area (Å²) in [6.45, 7) is 1.87. The first kappa shape index (κ1) is 14.6. The molecule has 0 amide bonds. The SMILES string of the molecule is CCc1ncc(S(=O)(=O)Nc2ccc(Br)cc2C#N)[nH]1. The minimum absolute atomic E-state index is 0.0267. The second kappa shape index (κ2) is 5.64. The third kappa shape index (κ3) is 3.00. The summed E-state index contributed by atoms with van der Waals surface area (Å²) in [6, 6.07) is 6.67. The fourth-order valence-electron chi connectivity index (χ4n) is 1.56. The van der Waals surface area contributed by atoms with Crippen LogP contribution in [0.2, 0.25) is 0 Å². The minimum atomic E-state index is -3.78. The van der Waals surface area contributed by atoms with Crippen molar-refractivity contribution < 1.29 is 8.42 Å². The molecule has 2 rings (SSSR count). The van der Waals surface area contributed by atoms with E-state index in [2.05, 4.69) is 30.6 Å². The molecule has 0 radical (unpaired) electrons. The highest BCUT2D eigenvalue weighted by Gasteiger charge is 2.18. The van der Waals surface area contributed by atoms with E-state index in [0.717, 1.165) is 0 Å². The monoisotopic (exact) mass is 354 g/mol. The van der Waals surface area contributed by atoms with Gasteiger partial charge in [-0.15, -0.1) is 0 Å². The molecule has 0 atom stereocenters. The summed E-state index contributed by atoms with van der Waals surface area (Å²) in [6.07, 6.45) is 1.86. The van der Waals surface area contributed by atoms with Gasteiger partial charge in [-0.05, 0) is 18.2 Å².